The maximum Gasteiger partial charge on any atom is 0.416 e. The molecule has 0 saturated carbocycles. The van der Waals surface area contributed by atoms with Crippen LogP contribution in [-0.4, -0.2) is 36.5 Å². The number of hydrogen-bond donors (Lipinski definition) is 3. The first-order valence-electron chi connectivity index (χ1n) is 14.9. The van der Waals surface area contributed by atoms with E-state index in [2.05, 4.69) is 10.3 Å². The number of ether oxygens (including phenoxy) is 1. The average Bonchev–Trinajstić information content (AvgIpc) is 3.47. The Morgan fingerprint density at radius 2 is 1.79 bits per heavy atom. The van der Waals surface area contributed by atoms with Gasteiger partial charge < -0.3 is 21.5 Å². The Kier molecular flexibility index (Phi) is 10.3. The second-order valence-electron chi connectivity index (χ2n) is 11.1. The van der Waals surface area contributed by atoms with Crippen molar-refractivity contribution < 1.29 is 26.7 Å². The molecule has 2 unspecified atom stereocenters. The largest absolute Gasteiger partial charge is 0.494 e. The SMILES string of the molecule is COc1cccc(-c2c(C)c(Cc3c(F)cccc3C(F)(F)F)c3n(c2=O)C(C(NCCCN=C(N)N)c2ccccc2)CS3)c1F. The fourth-order valence-electron chi connectivity index (χ4n) is 6.02. The van der Waals surface area contributed by atoms with Gasteiger partial charge in [-0.15, -0.1) is 11.8 Å². The number of fused-ring (bicyclic) bond motifs is 1. The highest BCUT2D eigenvalue weighted by Gasteiger charge is 2.38. The lowest BCUT2D eigenvalue weighted by atomic mass is 9.91. The Balaban J connectivity index is 1.72. The molecule has 1 aliphatic rings. The molecule has 0 radical (unpaired) electrons. The third-order valence-corrected chi connectivity index (χ3v) is 9.45. The van der Waals surface area contributed by atoms with Gasteiger partial charge in [-0.05, 0) is 54.8 Å². The van der Waals surface area contributed by atoms with E-state index in [1.54, 1.807) is 6.92 Å². The first-order chi connectivity index (χ1) is 22.4. The highest BCUT2D eigenvalue weighted by atomic mass is 32.2. The number of methoxy groups -OCH3 is 1. The summed E-state index contributed by atoms with van der Waals surface area (Å²) in [5.41, 5.74) is 10.1. The lowest BCUT2D eigenvalue weighted by Crippen LogP contribution is -2.36. The molecule has 0 amide bonds. The lowest BCUT2D eigenvalue weighted by molar-refractivity contribution is -0.138. The third kappa shape index (κ3) is 7.01. The molecule has 0 fully saturated rings. The van der Waals surface area contributed by atoms with Crippen LogP contribution in [0.4, 0.5) is 22.0 Å². The number of nitrogens with one attached hydrogen (secondary N) is 1. The molecule has 4 aromatic rings. The smallest absolute Gasteiger partial charge is 0.416 e. The van der Waals surface area contributed by atoms with Crippen LogP contribution in [-0.2, 0) is 12.6 Å². The quantitative estimate of drug-likeness (QED) is 0.0742. The molecule has 5 rings (SSSR count). The zero-order valence-electron chi connectivity index (χ0n) is 25.7. The highest BCUT2D eigenvalue weighted by Crippen LogP contribution is 2.45. The molecule has 1 aromatic heterocycles. The van der Waals surface area contributed by atoms with Crippen molar-refractivity contribution in [1.82, 2.24) is 9.88 Å². The molecular formula is C34H34F5N5O2S. The Bertz CT molecular complexity index is 1840. The maximum atomic E-state index is 15.8. The van der Waals surface area contributed by atoms with Crippen LogP contribution >= 0.6 is 11.8 Å². The Morgan fingerprint density at radius 1 is 1.06 bits per heavy atom. The van der Waals surface area contributed by atoms with E-state index in [9.17, 15) is 18.0 Å². The van der Waals surface area contributed by atoms with E-state index in [4.69, 9.17) is 16.2 Å². The van der Waals surface area contributed by atoms with Crippen molar-refractivity contribution in [3.05, 3.63) is 117 Å². The van der Waals surface area contributed by atoms with Crippen LogP contribution < -0.4 is 27.1 Å². The fraction of sp³-hybridized carbons (Fsp3) is 0.294. The summed E-state index contributed by atoms with van der Waals surface area (Å²) in [6, 6.07) is 15.6. The van der Waals surface area contributed by atoms with Crippen LogP contribution in [0.5, 0.6) is 5.75 Å². The number of guanidine groups is 1. The molecule has 0 saturated heterocycles. The number of nitrogens with zero attached hydrogens (tertiary/aromatic N) is 2. The predicted molar refractivity (Wildman–Crippen MR) is 174 cm³/mol. The number of alkyl halides is 3. The van der Waals surface area contributed by atoms with Gasteiger partial charge in [-0.3, -0.25) is 14.4 Å². The minimum Gasteiger partial charge on any atom is -0.494 e. The summed E-state index contributed by atoms with van der Waals surface area (Å²) in [5.74, 6) is -1.57. The minimum atomic E-state index is -4.82. The van der Waals surface area contributed by atoms with Crippen LogP contribution in [0.1, 0.15) is 46.3 Å². The molecule has 2 heterocycles. The number of nitrogens with two attached hydrogens (primary N) is 2. The van der Waals surface area contributed by atoms with Gasteiger partial charge >= 0.3 is 6.18 Å². The number of thioether (sulfide) groups is 1. The van der Waals surface area contributed by atoms with Crippen LogP contribution in [0.25, 0.3) is 11.1 Å². The van der Waals surface area contributed by atoms with Crippen LogP contribution in [0.2, 0.25) is 0 Å². The van der Waals surface area contributed by atoms with E-state index in [1.807, 2.05) is 30.3 Å². The maximum absolute atomic E-state index is 15.8. The molecule has 3 aromatic carbocycles. The highest BCUT2D eigenvalue weighted by molar-refractivity contribution is 7.99. The van der Waals surface area contributed by atoms with E-state index >= 15 is 8.78 Å². The summed E-state index contributed by atoms with van der Waals surface area (Å²) in [6.07, 6.45) is -4.71. The first kappa shape index (κ1) is 34.0. The van der Waals surface area contributed by atoms with Crippen LogP contribution in [0, 0.1) is 18.6 Å². The second-order valence-corrected chi connectivity index (χ2v) is 12.1. The summed E-state index contributed by atoms with van der Waals surface area (Å²) in [7, 11) is 1.29. The predicted octanol–water partition coefficient (Wildman–Crippen LogP) is 6.36. The van der Waals surface area contributed by atoms with E-state index in [1.165, 1.54) is 41.6 Å². The third-order valence-electron chi connectivity index (χ3n) is 8.23. The summed E-state index contributed by atoms with van der Waals surface area (Å²) in [6.45, 7) is 2.41. The van der Waals surface area contributed by atoms with Gasteiger partial charge in [-0.2, -0.15) is 13.2 Å². The minimum absolute atomic E-state index is 0.0268. The van der Waals surface area contributed by atoms with E-state index < -0.39 is 53.0 Å². The molecule has 0 aliphatic carbocycles. The molecular weight excluding hydrogens is 637 g/mol. The summed E-state index contributed by atoms with van der Waals surface area (Å²) in [5, 5.41) is 3.91. The summed E-state index contributed by atoms with van der Waals surface area (Å²) >= 11 is 1.30. The molecule has 0 spiro atoms. The topological polar surface area (TPSA) is 108 Å². The Morgan fingerprint density at radius 3 is 2.47 bits per heavy atom. The van der Waals surface area contributed by atoms with Crippen molar-refractivity contribution in [3.63, 3.8) is 0 Å². The van der Waals surface area contributed by atoms with Gasteiger partial charge in [0.15, 0.2) is 17.5 Å². The van der Waals surface area contributed by atoms with Gasteiger partial charge in [-0.25, -0.2) is 8.78 Å². The zero-order valence-corrected chi connectivity index (χ0v) is 26.5. The second kappa shape index (κ2) is 14.2. The number of hydrogen-bond acceptors (Lipinski definition) is 5. The van der Waals surface area contributed by atoms with Crippen molar-refractivity contribution >= 4 is 17.7 Å². The molecule has 7 nitrogen and oxygen atoms in total. The molecule has 0 bridgehead atoms. The number of halogens is 5. The Labute approximate surface area is 272 Å². The van der Waals surface area contributed by atoms with Gasteiger partial charge in [0.25, 0.3) is 5.56 Å². The molecule has 2 atom stereocenters. The molecule has 5 N–H and O–H groups in total. The molecule has 47 heavy (non-hydrogen) atoms. The number of benzene rings is 3. The van der Waals surface area contributed by atoms with Crippen molar-refractivity contribution in [2.75, 3.05) is 26.0 Å². The lowest BCUT2D eigenvalue weighted by Gasteiger charge is -2.28. The normalized spacial score (nSPS) is 14.9. The van der Waals surface area contributed by atoms with Gasteiger partial charge in [0.05, 0.1) is 35.3 Å². The van der Waals surface area contributed by atoms with Crippen molar-refractivity contribution in [3.8, 4) is 16.9 Å². The standard InChI is InChI=1S/C34H34F5N5O2S/c1-19-22(17-23-24(34(37,38)39)12-7-13-25(23)35)32-44(31(45)28(19)21-11-6-14-27(46-2)29(21)36)26(18-47-32)30(20-9-4-3-5-10-20)42-15-8-16-43-33(40)41/h3-7,9-14,26,30,42H,8,15-18H2,1-2H3,(H4,40,41,43). The van der Waals surface area contributed by atoms with E-state index in [0.29, 0.717) is 35.9 Å². The molecule has 248 valence electrons. The average molecular weight is 672 g/mol. The molecule has 1 aliphatic heterocycles. The van der Waals surface area contributed by atoms with Gasteiger partial charge in [-0.1, -0.05) is 48.5 Å². The first-order valence-corrected chi connectivity index (χ1v) is 15.8. The Hall–Kier alpha value is -4.36. The van der Waals surface area contributed by atoms with Gasteiger partial charge in [0.1, 0.15) is 5.82 Å². The van der Waals surface area contributed by atoms with Crippen LogP contribution in [0.3, 0.4) is 0 Å². The monoisotopic (exact) mass is 671 g/mol. The fourth-order valence-corrected chi connectivity index (χ4v) is 7.45. The van der Waals surface area contributed by atoms with Crippen molar-refractivity contribution in [2.45, 2.75) is 43.1 Å². The van der Waals surface area contributed by atoms with Crippen LogP contribution in [0.15, 0.2) is 81.5 Å². The molecule has 13 heteroatoms. The van der Waals surface area contributed by atoms with E-state index in [-0.39, 0.29) is 28.4 Å². The zero-order chi connectivity index (χ0) is 33.9. The summed E-state index contributed by atoms with van der Waals surface area (Å²) < 4.78 is 80.0. The van der Waals surface area contributed by atoms with Gasteiger partial charge in [0, 0.05) is 29.8 Å². The number of aromatic nitrogens is 1. The van der Waals surface area contributed by atoms with E-state index in [0.717, 1.165) is 23.8 Å². The number of pyridine rings is 1. The number of rotatable bonds is 11. The van der Waals surface area contributed by atoms with Gasteiger partial charge in [0.2, 0.25) is 0 Å². The van der Waals surface area contributed by atoms with Crippen molar-refractivity contribution in [1.29, 1.82) is 0 Å². The number of aliphatic imine (C=N–C) groups is 1. The summed E-state index contributed by atoms with van der Waals surface area (Å²) in [4.78, 5) is 18.6. The van der Waals surface area contributed by atoms with Crippen molar-refractivity contribution in [2.24, 2.45) is 16.5 Å².